The van der Waals surface area contributed by atoms with Crippen LogP contribution < -0.4 is 15.5 Å². The highest BCUT2D eigenvalue weighted by atomic mass is 19.1. The second-order valence-corrected chi connectivity index (χ2v) is 5.44. The normalized spacial score (nSPS) is 20.7. The molecular weight excluding hydrogens is 305 g/mol. The number of nitrogens with one attached hydrogen (secondary N) is 2. The number of furan rings is 1. The van der Waals surface area contributed by atoms with E-state index in [1.807, 2.05) is 0 Å². The fraction of sp³-hybridized carbons (Fsp3) is 0.500. The molecule has 2 atom stereocenters. The molecule has 2 aromatic rings. The molecule has 0 spiro atoms. The number of aryl methyl sites for hydroxylation is 1. The lowest BCUT2D eigenvalue weighted by Gasteiger charge is -2.22. The lowest BCUT2D eigenvalue weighted by Crippen LogP contribution is -2.44. The molecular formula is C14H18FN5O3. The molecule has 0 aliphatic carbocycles. The SMILES string of the molecule is Cc1nnc(N2C[C@@H](F)C[C@H]2CNC(=O)NCc2ccoc2)o1. The lowest BCUT2D eigenvalue weighted by molar-refractivity contribution is 0.239. The van der Waals surface area contributed by atoms with E-state index >= 15 is 0 Å². The third-order valence-corrected chi connectivity index (χ3v) is 3.66. The summed E-state index contributed by atoms with van der Waals surface area (Å²) in [7, 11) is 0. The summed E-state index contributed by atoms with van der Waals surface area (Å²) in [5.74, 6) is 0.423. The Morgan fingerprint density at radius 1 is 1.48 bits per heavy atom. The molecule has 23 heavy (non-hydrogen) atoms. The van der Waals surface area contributed by atoms with Crippen LogP contribution in [0.3, 0.4) is 0 Å². The number of nitrogens with zero attached hydrogens (tertiary/aromatic N) is 3. The van der Waals surface area contributed by atoms with Crippen molar-refractivity contribution in [3.8, 4) is 0 Å². The largest absolute Gasteiger partial charge is 0.472 e. The van der Waals surface area contributed by atoms with Gasteiger partial charge in [0.25, 0.3) is 0 Å². The molecule has 0 radical (unpaired) electrons. The molecule has 1 saturated heterocycles. The quantitative estimate of drug-likeness (QED) is 0.863. The smallest absolute Gasteiger partial charge is 0.318 e. The summed E-state index contributed by atoms with van der Waals surface area (Å²) in [6, 6.07) is 1.51. The van der Waals surface area contributed by atoms with Crippen molar-refractivity contribution in [2.75, 3.05) is 18.0 Å². The van der Waals surface area contributed by atoms with Gasteiger partial charge in [-0.2, -0.15) is 0 Å². The van der Waals surface area contributed by atoms with Gasteiger partial charge in [-0.25, -0.2) is 9.18 Å². The summed E-state index contributed by atoms with van der Waals surface area (Å²) in [5, 5.41) is 13.1. The molecule has 124 valence electrons. The molecule has 0 saturated carbocycles. The van der Waals surface area contributed by atoms with Gasteiger partial charge in [-0.1, -0.05) is 5.10 Å². The van der Waals surface area contributed by atoms with Gasteiger partial charge in [0.05, 0.1) is 25.1 Å². The summed E-state index contributed by atoms with van der Waals surface area (Å²) >= 11 is 0. The zero-order chi connectivity index (χ0) is 16.2. The van der Waals surface area contributed by atoms with E-state index in [1.165, 1.54) is 0 Å². The standard InChI is InChI=1S/C14H18FN5O3/c1-9-18-19-14(23-9)20-7-11(15)4-12(20)6-17-13(21)16-5-10-2-3-22-8-10/h2-3,8,11-12H,4-7H2,1H3,(H2,16,17,21)/t11-,12-/m0/s1. The molecule has 2 N–H and O–H groups in total. The topological polar surface area (TPSA) is 96.4 Å². The van der Waals surface area contributed by atoms with Crippen LogP contribution in [-0.4, -0.2) is 41.5 Å². The number of alkyl halides is 1. The van der Waals surface area contributed by atoms with Gasteiger partial charge in [0.15, 0.2) is 0 Å². The van der Waals surface area contributed by atoms with Crippen LogP contribution in [0.2, 0.25) is 0 Å². The molecule has 3 heterocycles. The highest BCUT2D eigenvalue weighted by Crippen LogP contribution is 2.25. The molecule has 2 amide bonds. The number of rotatable bonds is 5. The van der Waals surface area contributed by atoms with E-state index in [9.17, 15) is 9.18 Å². The van der Waals surface area contributed by atoms with Crippen LogP contribution in [0.4, 0.5) is 15.2 Å². The van der Waals surface area contributed by atoms with E-state index in [1.54, 1.807) is 30.4 Å². The van der Waals surface area contributed by atoms with Crippen LogP contribution in [0.5, 0.6) is 0 Å². The number of aromatic nitrogens is 2. The summed E-state index contributed by atoms with van der Waals surface area (Å²) in [6.07, 6.45) is 2.43. The average Bonchev–Trinajstić information content (AvgIpc) is 3.24. The van der Waals surface area contributed by atoms with Crippen molar-refractivity contribution in [2.24, 2.45) is 0 Å². The number of anilines is 1. The van der Waals surface area contributed by atoms with E-state index in [2.05, 4.69) is 20.8 Å². The predicted molar refractivity (Wildman–Crippen MR) is 78.6 cm³/mol. The predicted octanol–water partition coefficient (Wildman–Crippen LogP) is 1.39. The number of hydrogen-bond acceptors (Lipinski definition) is 6. The summed E-state index contributed by atoms with van der Waals surface area (Å²) in [5.41, 5.74) is 0.868. The Balaban J connectivity index is 1.50. The number of hydrogen-bond donors (Lipinski definition) is 2. The van der Waals surface area contributed by atoms with Gasteiger partial charge in [0.1, 0.15) is 6.17 Å². The molecule has 2 aromatic heterocycles. The molecule has 1 aliphatic heterocycles. The second kappa shape index (κ2) is 6.67. The number of carbonyl (C=O) groups is 1. The van der Waals surface area contributed by atoms with Crippen molar-refractivity contribution in [3.63, 3.8) is 0 Å². The Hall–Kier alpha value is -2.58. The summed E-state index contributed by atoms with van der Waals surface area (Å²) in [6.45, 7) is 2.52. The van der Waals surface area contributed by atoms with E-state index in [0.29, 0.717) is 25.4 Å². The van der Waals surface area contributed by atoms with Crippen molar-refractivity contribution in [2.45, 2.75) is 32.1 Å². The van der Waals surface area contributed by atoms with Crippen LogP contribution in [-0.2, 0) is 6.54 Å². The van der Waals surface area contributed by atoms with Crippen LogP contribution in [0.25, 0.3) is 0 Å². The Kier molecular flexibility index (Phi) is 4.45. The molecule has 0 aromatic carbocycles. The maximum Gasteiger partial charge on any atom is 0.318 e. The van der Waals surface area contributed by atoms with Crippen LogP contribution in [0.15, 0.2) is 27.4 Å². The molecule has 8 nitrogen and oxygen atoms in total. The fourth-order valence-corrected chi connectivity index (χ4v) is 2.54. The Labute approximate surface area is 132 Å². The minimum atomic E-state index is -0.983. The van der Waals surface area contributed by atoms with Crippen molar-refractivity contribution >= 4 is 12.0 Å². The Morgan fingerprint density at radius 2 is 2.35 bits per heavy atom. The third-order valence-electron chi connectivity index (χ3n) is 3.66. The van der Waals surface area contributed by atoms with Gasteiger partial charge in [-0.05, 0) is 6.07 Å². The van der Waals surface area contributed by atoms with Crippen LogP contribution in [0, 0.1) is 6.92 Å². The first-order valence-electron chi connectivity index (χ1n) is 7.35. The van der Waals surface area contributed by atoms with E-state index in [0.717, 1.165) is 5.56 Å². The number of urea groups is 1. The first kappa shape index (κ1) is 15.3. The average molecular weight is 323 g/mol. The Morgan fingerprint density at radius 3 is 3.04 bits per heavy atom. The summed E-state index contributed by atoms with van der Waals surface area (Å²) in [4.78, 5) is 13.5. The second-order valence-electron chi connectivity index (χ2n) is 5.44. The highest BCUT2D eigenvalue weighted by molar-refractivity contribution is 5.73. The van der Waals surface area contributed by atoms with Crippen molar-refractivity contribution in [1.29, 1.82) is 0 Å². The lowest BCUT2D eigenvalue weighted by atomic mass is 10.2. The fourth-order valence-electron chi connectivity index (χ4n) is 2.54. The van der Waals surface area contributed by atoms with E-state index < -0.39 is 6.17 Å². The van der Waals surface area contributed by atoms with E-state index in [4.69, 9.17) is 8.83 Å². The summed E-state index contributed by atoms with van der Waals surface area (Å²) < 4.78 is 24.0. The van der Waals surface area contributed by atoms with Crippen molar-refractivity contribution in [3.05, 3.63) is 30.0 Å². The third kappa shape index (κ3) is 3.79. The van der Waals surface area contributed by atoms with Gasteiger partial charge >= 0.3 is 12.0 Å². The minimum Gasteiger partial charge on any atom is -0.472 e. The molecule has 0 bridgehead atoms. The molecule has 0 unspecified atom stereocenters. The van der Waals surface area contributed by atoms with Gasteiger partial charge < -0.3 is 24.4 Å². The van der Waals surface area contributed by atoms with Gasteiger partial charge in [-0.15, -0.1) is 5.10 Å². The van der Waals surface area contributed by atoms with Crippen LogP contribution in [0.1, 0.15) is 17.9 Å². The number of amides is 2. The van der Waals surface area contributed by atoms with Crippen molar-refractivity contribution in [1.82, 2.24) is 20.8 Å². The van der Waals surface area contributed by atoms with E-state index in [-0.39, 0.29) is 24.6 Å². The molecule has 3 rings (SSSR count). The monoisotopic (exact) mass is 323 g/mol. The van der Waals surface area contributed by atoms with Gasteiger partial charge in [0, 0.05) is 32.0 Å². The zero-order valence-corrected chi connectivity index (χ0v) is 12.7. The highest BCUT2D eigenvalue weighted by Gasteiger charge is 2.35. The van der Waals surface area contributed by atoms with Gasteiger partial charge in [-0.3, -0.25) is 0 Å². The first-order chi connectivity index (χ1) is 11.1. The van der Waals surface area contributed by atoms with Gasteiger partial charge in [0.2, 0.25) is 5.89 Å². The maximum atomic E-state index is 13.7. The molecule has 9 heteroatoms. The zero-order valence-electron chi connectivity index (χ0n) is 12.7. The van der Waals surface area contributed by atoms with Crippen molar-refractivity contribution < 1.29 is 18.0 Å². The maximum absolute atomic E-state index is 13.7. The minimum absolute atomic E-state index is 0.185. The number of halogens is 1. The molecule has 1 aliphatic rings. The Bertz CT molecular complexity index is 645. The number of carbonyl (C=O) groups excluding carboxylic acids is 1. The molecule has 1 fully saturated rings. The first-order valence-corrected chi connectivity index (χ1v) is 7.35. The van der Waals surface area contributed by atoms with Crippen LogP contribution >= 0.6 is 0 Å².